The monoisotopic (exact) mass is 233 g/mol. The van der Waals surface area contributed by atoms with Crippen LogP contribution in [0, 0.1) is 13.8 Å². The quantitative estimate of drug-likeness (QED) is 0.587. The molecule has 1 nitrogen and oxygen atoms in total. The molecule has 0 N–H and O–H groups in total. The van der Waals surface area contributed by atoms with Crippen LogP contribution < -0.4 is 0 Å². The van der Waals surface area contributed by atoms with E-state index in [0.29, 0.717) is 0 Å². The molecular formula is C16H27N. The molecule has 0 saturated heterocycles. The molecule has 0 aromatic heterocycles. The van der Waals surface area contributed by atoms with E-state index in [1.807, 2.05) is 40.7 Å². The van der Waals surface area contributed by atoms with Crippen molar-refractivity contribution in [1.82, 2.24) is 0 Å². The predicted molar refractivity (Wildman–Crippen MR) is 81.6 cm³/mol. The summed E-state index contributed by atoms with van der Waals surface area (Å²) in [5.74, 6) is 0. The second kappa shape index (κ2) is 11.1. The molecule has 1 rings (SSSR count). The lowest BCUT2D eigenvalue weighted by molar-refractivity contribution is 1.34. The SMILES string of the molecule is C=CC(C)=Nc1ccc(C)cc1C.CC.CC. The van der Waals surface area contributed by atoms with Crippen molar-refractivity contribution in [3.63, 3.8) is 0 Å². The predicted octanol–water partition coefficient (Wildman–Crippen LogP) is 5.63. The highest BCUT2D eigenvalue weighted by molar-refractivity contribution is 5.94. The van der Waals surface area contributed by atoms with Crippen LogP contribution in [0.5, 0.6) is 0 Å². The Labute approximate surface area is 107 Å². The van der Waals surface area contributed by atoms with E-state index in [1.54, 1.807) is 6.08 Å². The zero-order chi connectivity index (χ0) is 13.8. The van der Waals surface area contributed by atoms with Gasteiger partial charge in [0.05, 0.1) is 5.69 Å². The first-order valence-electron chi connectivity index (χ1n) is 6.38. The lowest BCUT2D eigenvalue weighted by atomic mass is 10.1. The second-order valence-electron chi connectivity index (χ2n) is 3.25. The van der Waals surface area contributed by atoms with Gasteiger partial charge in [-0.3, -0.25) is 4.99 Å². The summed E-state index contributed by atoms with van der Waals surface area (Å²) in [5.41, 5.74) is 4.46. The molecule has 0 radical (unpaired) electrons. The standard InChI is InChI=1S/C12H15N.2C2H6/c1-5-11(4)13-12-7-6-9(2)8-10(12)3;2*1-2/h5-8H,1H2,2-4H3;2*1-2H3. The summed E-state index contributed by atoms with van der Waals surface area (Å²) in [4.78, 5) is 4.42. The third-order valence-electron chi connectivity index (χ3n) is 1.94. The normalized spacial score (nSPS) is 9.47. The number of hydrogen-bond donors (Lipinski definition) is 0. The smallest absolute Gasteiger partial charge is 0.0662 e. The van der Waals surface area contributed by atoms with Crippen molar-refractivity contribution in [2.24, 2.45) is 4.99 Å². The van der Waals surface area contributed by atoms with Gasteiger partial charge in [-0.25, -0.2) is 0 Å². The van der Waals surface area contributed by atoms with Crippen molar-refractivity contribution in [2.45, 2.75) is 48.5 Å². The average Bonchev–Trinajstić information content (AvgIpc) is 2.37. The minimum Gasteiger partial charge on any atom is -0.254 e. The summed E-state index contributed by atoms with van der Waals surface area (Å²) in [6.45, 7) is 17.8. The van der Waals surface area contributed by atoms with Crippen LogP contribution in [0.3, 0.4) is 0 Å². The minimum atomic E-state index is 0.951. The van der Waals surface area contributed by atoms with Crippen molar-refractivity contribution >= 4 is 11.4 Å². The molecule has 0 amide bonds. The lowest BCUT2D eigenvalue weighted by Gasteiger charge is -2.01. The van der Waals surface area contributed by atoms with Crippen LogP contribution in [-0.2, 0) is 0 Å². The maximum Gasteiger partial charge on any atom is 0.0662 e. The van der Waals surface area contributed by atoms with Crippen LogP contribution in [0.2, 0.25) is 0 Å². The van der Waals surface area contributed by atoms with Gasteiger partial charge < -0.3 is 0 Å². The van der Waals surface area contributed by atoms with E-state index in [4.69, 9.17) is 0 Å². The van der Waals surface area contributed by atoms with Crippen molar-refractivity contribution in [1.29, 1.82) is 0 Å². The Morgan fingerprint density at radius 3 is 2.06 bits per heavy atom. The van der Waals surface area contributed by atoms with Gasteiger partial charge in [0.25, 0.3) is 0 Å². The summed E-state index contributed by atoms with van der Waals surface area (Å²) in [7, 11) is 0. The molecule has 0 atom stereocenters. The number of rotatable bonds is 2. The molecule has 0 fully saturated rings. The summed E-state index contributed by atoms with van der Waals surface area (Å²) >= 11 is 0. The Bertz CT molecular complexity index is 349. The molecule has 0 saturated carbocycles. The van der Waals surface area contributed by atoms with Crippen LogP contribution in [-0.4, -0.2) is 5.71 Å². The second-order valence-corrected chi connectivity index (χ2v) is 3.25. The third-order valence-corrected chi connectivity index (χ3v) is 1.94. The molecular weight excluding hydrogens is 206 g/mol. The molecule has 0 bridgehead atoms. The highest BCUT2D eigenvalue weighted by Gasteiger charge is 1.95. The number of nitrogens with zero attached hydrogens (tertiary/aromatic N) is 1. The Balaban J connectivity index is 0. The molecule has 0 aliphatic rings. The van der Waals surface area contributed by atoms with E-state index < -0.39 is 0 Å². The van der Waals surface area contributed by atoms with E-state index in [1.165, 1.54) is 11.1 Å². The third kappa shape index (κ3) is 7.51. The maximum absolute atomic E-state index is 4.42. The van der Waals surface area contributed by atoms with Gasteiger partial charge in [-0.05, 0) is 38.5 Å². The van der Waals surface area contributed by atoms with Gasteiger partial charge in [-0.2, -0.15) is 0 Å². The number of benzene rings is 1. The van der Waals surface area contributed by atoms with Crippen molar-refractivity contribution in [3.05, 3.63) is 42.0 Å². The van der Waals surface area contributed by atoms with Crippen molar-refractivity contribution in [2.75, 3.05) is 0 Å². The molecule has 0 aliphatic heterocycles. The summed E-state index contributed by atoms with van der Waals surface area (Å²) < 4.78 is 0. The molecule has 0 heterocycles. The van der Waals surface area contributed by atoms with E-state index in [2.05, 4.69) is 37.6 Å². The van der Waals surface area contributed by atoms with Gasteiger partial charge in [0, 0.05) is 5.71 Å². The van der Waals surface area contributed by atoms with Crippen LogP contribution in [0.1, 0.15) is 45.7 Å². The topological polar surface area (TPSA) is 12.4 Å². The highest BCUT2D eigenvalue weighted by Crippen LogP contribution is 2.19. The number of aryl methyl sites for hydroxylation is 2. The lowest BCUT2D eigenvalue weighted by Crippen LogP contribution is -1.83. The van der Waals surface area contributed by atoms with Gasteiger partial charge in [0.2, 0.25) is 0 Å². The average molecular weight is 233 g/mol. The molecule has 1 aromatic rings. The fourth-order valence-electron chi connectivity index (χ4n) is 1.17. The zero-order valence-corrected chi connectivity index (χ0v) is 12.5. The largest absolute Gasteiger partial charge is 0.254 e. The van der Waals surface area contributed by atoms with Gasteiger partial charge in [-0.1, -0.05) is 52.0 Å². The zero-order valence-electron chi connectivity index (χ0n) is 12.5. The van der Waals surface area contributed by atoms with E-state index in [9.17, 15) is 0 Å². The van der Waals surface area contributed by atoms with Gasteiger partial charge in [0.15, 0.2) is 0 Å². The minimum absolute atomic E-state index is 0.951. The van der Waals surface area contributed by atoms with Crippen LogP contribution >= 0.6 is 0 Å². The van der Waals surface area contributed by atoms with Gasteiger partial charge >= 0.3 is 0 Å². The molecule has 0 spiro atoms. The van der Waals surface area contributed by atoms with Crippen LogP contribution in [0.4, 0.5) is 5.69 Å². The first kappa shape index (κ1) is 18.0. The van der Waals surface area contributed by atoms with E-state index in [-0.39, 0.29) is 0 Å². The molecule has 1 heteroatoms. The summed E-state index contributed by atoms with van der Waals surface area (Å²) in [6, 6.07) is 6.25. The fourth-order valence-corrected chi connectivity index (χ4v) is 1.17. The Morgan fingerprint density at radius 2 is 1.65 bits per heavy atom. The van der Waals surface area contributed by atoms with Crippen LogP contribution in [0.15, 0.2) is 35.8 Å². The Hall–Kier alpha value is -1.37. The molecule has 17 heavy (non-hydrogen) atoms. The molecule has 96 valence electrons. The van der Waals surface area contributed by atoms with E-state index in [0.717, 1.165) is 11.4 Å². The summed E-state index contributed by atoms with van der Waals surface area (Å²) in [6.07, 6.45) is 1.76. The first-order chi connectivity index (χ1) is 8.13. The Kier molecular flexibility index (Phi) is 11.8. The van der Waals surface area contributed by atoms with Gasteiger partial charge in [-0.15, -0.1) is 0 Å². The van der Waals surface area contributed by atoms with Crippen LogP contribution in [0.25, 0.3) is 0 Å². The highest BCUT2D eigenvalue weighted by atomic mass is 14.7. The molecule has 0 unspecified atom stereocenters. The van der Waals surface area contributed by atoms with E-state index >= 15 is 0 Å². The number of aliphatic imine (C=N–C) groups is 1. The van der Waals surface area contributed by atoms with Crippen molar-refractivity contribution < 1.29 is 0 Å². The summed E-state index contributed by atoms with van der Waals surface area (Å²) in [5, 5.41) is 0. The number of hydrogen-bond acceptors (Lipinski definition) is 1. The Morgan fingerprint density at radius 1 is 1.12 bits per heavy atom. The molecule has 1 aromatic carbocycles. The fraction of sp³-hybridized carbons (Fsp3) is 0.438. The maximum atomic E-state index is 4.42. The van der Waals surface area contributed by atoms with Gasteiger partial charge in [0.1, 0.15) is 0 Å². The molecule has 0 aliphatic carbocycles. The first-order valence-corrected chi connectivity index (χ1v) is 6.38. The number of allylic oxidation sites excluding steroid dienone is 1. The van der Waals surface area contributed by atoms with Crippen molar-refractivity contribution in [3.8, 4) is 0 Å².